The summed E-state index contributed by atoms with van der Waals surface area (Å²) in [4.78, 5) is 21.9. The Morgan fingerprint density at radius 3 is 2.44 bits per heavy atom. The summed E-state index contributed by atoms with van der Waals surface area (Å²) >= 11 is 0. The van der Waals surface area contributed by atoms with Gasteiger partial charge in [-0.05, 0) is 35.7 Å². The molecule has 0 saturated heterocycles. The molecule has 0 heterocycles. The minimum Gasteiger partial charge on any atom is -0.480 e. The Bertz CT molecular complexity index is 882. The Morgan fingerprint density at radius 2 is 1.80 bits per heavy atom. The fraction of sp³-hybridized carbons (Fsp3) is 0.250. The highest BCUT2D eigenvalue weighted by molar-refractivity contribution is 7.89. The van der Waals surface area contributed by atoms with Crippen molar-refractivity contribution in [1.82, 2.24) is 10.0 Å². The Hall–Kier alpha value is -2.65. The number of carbonyl (C=O) groups is 2. The molecule has 1 atom stereocenters. The molecule has 25 heavy (non-hydrogen) atoms. The number of amides is 2. The average Bonchev–Trinajstić information content (AvgIpc) is 2.56. The zero-order valence-corrected chi connectivity index (χ0v) is 14.1. The van der Waals surface area contributed by atoms with Crippen LogP contribution in [0.3, 0.4) is 0 Å². The normalized spacial score (nSPS) is 12.6. The highest BCUT2D eigenvalue weighted by atomic mass is 32.2. The van der Waals surface area contributed by atoms with E-state index >= 15 is 0 Å². The van der Waals surface area contributed by atoms with Gasteiger partial charge in [0.2, 0.25) is 10.0 Å². The lowest BCUT2D eigenvalue weighted by molar-refractivity contribution is -0.139. The van der Waals surface area contributed by atoms with Crippen molar-refractivity contribution in [3.63, 3.8) is 0 Å². The van der Waals surface area contributed by atoms with Crippen LogP contribution < -0.4 is 15.8 Å². The van der Waals surface area contributed by atoms with Crippen molar-refractivity contribution in [1.29, 1.82) is 0 Å². The third-order valence-electron chi connectivity index (χ3n) is 3.60. The highest BCUT2D eigenvalue weighted by Crippen LogP contribution is 2.19. The van der Waals surface area contributed by atoms with Gasteiger partial charge in [-0.25, -0.2) is 13.2 Å². The van der Waals surface area contributed by atoms with Gasteiger partial charge < -0.3 is 16.2 Å². The van der Waals surface area contributed by atoms with Gasteiger partial charge in [0.1, 0.15) is 6.04 Å². The van der Waals surface area contributed by atoms with Crippen LogP contribution in [0, 0.1) is 0 Å². The van der Waals surface area contributed by atoms with Gasteiger partial charge in [-0.2, -0.15) is 4.72 Å². The minimum absolute atomic E-state index is 0.00675. The molecule has 9 heteroatoms. The first-order valence-corrected chi connectivity index (χ1v) is 9.05. The van der Waals surface area contributed by atoms with Crippen molar-refractivity contribution < 1.29 is 23.1 Å². The molecule has 0 aliphatic heterocycles. The number of primary amides is 1. The lowest BCUT2D eigenvalue weighted by atomic mass is 10.1. The Morgan fingerprint density at radius 1 is 1.12 bits per heavy atom. The molecule has 2 aromatic rings. The average molecular weight is 365 g/mol. The van der Waals surface area contributed by atoms with Gasteiger partial charge in [-0.1, -0.05) is 30.3 Å². The second-order valence-corrected chi connectivity index (χ2v) is 7.17. The van der Waals surface area contributed by atoms with Crippen LogP contribution in [0.1, 0.15) is 12.8 Å². The van der Waals surface area contributed by atoms with Crippen LogP contribution in [-0.4, -0.2) is 38.1 Å². The quantitative estimate of drug-likeness (QED) is 0.517. The maximum absolute atomic E-state index is 12.5. The Labute approximate surface area is 145 Å². The van der Waals surface area contributed by atoms with Crippen molar-refractivity contribution in [2.75, 3.05) is 6.54 Å². The van der Waals surface area contributed by atoms with E-state index in [1.54, 1.807) is 18.2 Å². The van der Waals surface area contributed by atoms with E-state index in [-0.39, 0.29) is 24.3 Å². The van der Waals surface area contributed by atoms with Gasteiger partial charge >= 0.3 is 12.0 Å². The van der Waals surface area contributed by atoms with Gasteiger partial charge in [-0.3, -0.25) is 4.79 Å². The number of hydrogen-bond donors (Lipinski definition) is 4. The SMILES string of the molecule is NC(=O)NCCC[C@H](NS(=O)(=O)c1ccc2ccccc2c1)C(=O)O. The molecule has 134 valence electrons. The zero-order chi connectivity index (χ0) is 18.4. The summed E-state index contributed by atoms with van der Waals surface area (Å²) in [6.45, 7) is 0.164. The fourth-order valence-electron chi connectivity index (χ4n) is 2.34. The molecule has 2 aromatic carbocycles. The summed E-state index contributed by atoms with van der Waals surface area (Å²) in [5.41, 5.74) is 4.91. The third kappa shape index (κ3) is 5.16. The number of fused-ring (bicyclic) bond motifs is 1. The van der Waals surface area contributed by atoms with Gasteiger partial charge in [-0.15, -0.1) is 0 Å². The van der Waals surface area contributed by atoms with E-state index in [1.165, 1.54) is 12.1 Å². The highest BCUT2D eigenvalue weighted by Gasteiger charge is 2.25. The van der Waals surface area contributed by atoms with E-state index in [0.29, 0.717) is 0 Å². The number of hydrogen-bond acceptors (Lipinski definition) is 4. The predicted molar refractivity (Wildman–Crippen MR) is 92.5 cm³/mol. The molecule has 0 unspecified atom stereocenters. The molecule has 0 bridgehead atoms. The number of nitrogens with one attached hydrogen (secondary N) is 2. The van der Waals surface area contributed by atoms with Gasteiger partial charge in [0.25, 0.3) is 0 Å². The molecule has 8 nitrogen and oxygen atoms in total. The van der Waals surface area contributed by atoms with E-state index in [1.807, 2.05) is 12.1 Å². The summed E-state index contributed by atoms with van der Waals surface area (Å²) < 4.78 is 27.1. The summed E-state index contributed by atoms with van der Waals surface area (Å²) in [5.74, 6) is -1.29. The number of aliphatic carboxylic acids is 1. The van der Waals surface area contributed by atoms with Crippen LogP contribution in [0.4, 0.5) is 4.79 Å². The molecule has 0 fully saturated rings. The van der Waals surface area contributed by atoms with Crippen LogP contribution in [-0.2, 0) is 14.8 Å². The van der Waals surface area contributed by atoms with Crippen molar-refractivity contribution in [3.05, 3.63) is 42.5 Å². The summed E-state index contributed by atoms with van der Waals surface area (Å²) in [6.07, 6.45) is 0.280. The predicted octanol–water partition coefficient (Wildman–Crippen LogP) is 1.02. The van der Waals surface area contributed by atoms with Gasteiger partial charge in [0.05, 0.1) is 4.90 Å². The standard InChI is InChI=1S/C16H19N3O5S/c17-16(22)18-9-3-6-14(15(20)21)19-25(23,24)13-8-7-11-4-1-2-5-12(11)10-13/h1-2,4-5,7-8,10,14,19H,3,6,9H2,(H,20,21)(H3,17,18,22)/t14-/m0/s1. The maximum atomic E-state index is 12.5. The monoisotopic (exact) mass is 365 g/mol. The number of nitrogens with two attached hydrogens (primary N) is 1. The molecule has 0 aliphatic rings. The second-order valence-electron chi connectivity index (χ2n) is 5.45. The molecule has 5 N–H and O–H groups in total. The molecule has 0 spiro atoms. The first-order chi connectivity index (χ1) is 11.8. The van der Waals surface area contributed by atoms with Gasteiger partial charge in [0, 0.05) is 6.54 Å². The van der Waals surface area contributed by atoms with E-state index in [9.17, 15) is 23.1 Å². The smallest absolute Gasteiger partial charge is 0.321 e. The number of sulfonamides is 1. The van der Waals surface area contributed by atoms with Gasteiger partial charge in [0.15, 0.2) is 0 Å². The van der Waals surface area contributed by atoms with Crippen LogP contribution in [0.25, 0.3) is 10.8 Å². The minimum atomic E-state index is -3.99. The maximum Gasteiger partial charge on any atom is 0.321 e. The van der Waals surface area contributed by atoms with Crippen molar-refractivity contribution in [3.8, 4) is 0 Å². The zero-order valence-electron chi connectivity index (χ0n) is 13.3. The van der Waals surface area contributed by atoms with E-state index in [2.05, 4.69) is 10.0 Å². The van der Waals surface area contributed by atoms with Crippen molar-refractivity contribution >= 4 is 32.8 Å². The number of carbonyl (C=O) groups excluding carboxylic acids is 1. The largest absolute Gasteiger partial charge is 0.480 e. The molecule has 2 rings (SSSR count). The van der Waals surface area contributed by atoms with E-state index < -0.39 is 28.1 Å². The molecular weight excluding hydrogens is 346 g/mol. The molecular formula is C16H19N3O5S. The summed E-state index contributed by atoms with van der Waals surface area (Å²) in [5, 5.41) is 13.2. The summed E-state index contributed by atoms with van der Waals surface area (Å²) in [6, 6.07) is 9.83. The number of carboxylic acid groups (broad SMARTS) is 1. The fourth-order valence-corrected chi connectivity index (χ4v) is 3.60. The van der Waals surface area contributed by atoms with Crippen LogP contribution >= 0.6 is 0 Å². The van der Waals surface area contributed by atoms with Crippen LogP contribution in [0.2, 0.25) is 0 Å². The van der Waals surface area contributed by atoms with E-state index in [0.717, 1.165) is 10.8 Å². The van der Waals surface area contributed by atoms with Crippen molar-refractivity contribution in [2.24, 2.45) is 5.73 Å². The number of urea groups is 1. The Kier molecular flexibility index (Phi) is 5.94. The topological polar surface area (TPSA) is 139 Å². The molecule has 0 aliphatic carbocycles. The first-order valence-electron chi connectivity index (χ1n) is 7.57. The lowest BCUT2D eigenvalue weighted by Gasteiger charge is -2.15. The number of carboxylic acids is 1. The van der Waals surface area contributed by atoms with Crippen molar-refractivity contribution in [2.45, 2.75) is 23.8 Å². The third-order valence-corrected chi connectivity index (χ3v) is 5.06. The van der Waals surface area contributed by atoms with Crippen LogP contribution in [0.5, 0.6) is 0 Å². The molecule has 0 saturated carbocycles. The number of benzene rings is 2. The Balaban J connectivity index is 2.12. The van der Waals surface area contributed by atoms with E-state index in [4.69, 9.17) is 5.73 Å². The molecule has 0 radical (unpaired) electrons. The molecule has 0 aromatic heterocycles. The summed E-state index contributed by atoms with van der Waals surface area (Å²) in [7, 11) is -3.99. The first kappa shape index (κ1) is 18.7. The lowest BCUT2D eigenvalue weighted by Crippen LogP contribution is -2.41. The second kappa shape index (κ2) is 7.95. The number of rotatable bonds is 8. The molecule has 2 amide bonds. The van der Waals surface area contributed by atoms with Crippen LogP contribution in [0.15, 0.2) is 47.4 Å².